The standard InChI is InChI=1S/C22H17BrFNO3/c1-2-27-22(26)20-18(12-3-7-15(24)8-4-12)19-16-9-6-14(23)11-13(16)5-10-17(19)28-21(20)25/h3-11,18H,2,25H2,1H3. The van der Waals surface area contributed by atoms with E-state index in [9.17, 15) is 9.18 Å². The van der Waals surface area contributed by atoms with E-state index in [1.807, 2.05) is 30.3 Å². The molecule has 0 saturated carbocycles. The first kappa shape index (κ1) is 18.5. The van der Waals surface area contributed by atoms with Crippen LogP contribution in [-0.2, 0) is 9.53 Å². The summed E-state index contributed by atoms with van der Waals surface area (Å²) < 4.78 is 25.5. The molecule has 0 aromatic heterocycles. The van der Waals surface area contributed by atoms with Crippen molar-refractivity contribution in [1.82, 2.24) is 0 Å². The number of hydrogen-bond acceptors (Lipinski definition) is 4. The first-order valence-electron chi connectivity index (χ1n) is 8.82. The van der Waals surface area contributed by atoms with E-state index in [0.29, 0.717) is 5.75 Å². The molecular weight excluding hydrogens is 425 g/mol. The molecule has 0 spiro atoms. The number of fused-ring (bicyclic) bond motifs is 3. The van der Waals surface area contributed by atoms with E-state index < -0.39 is 11.9 Å². The molecule has 0 fully saturated rings. The minimum absolute atomic E-state index is 0.00302. The van der Waals surface area contributed by atoms with Crippen LogP contribution in [0.5, 0.6) is 5.75 Å². The van der Waals surface area contributed by atoms with Crippen molar-refractivity contribution in [1.29, 1.82) is 0 Å². The summed E-state index contributed by atoms with van der Waals surface area (Å²) in [4.78, 5) is 12.7. The van der Waals surface area contributed by atoms with Crippen LogP contribution in [0.2, 0.25) is 0 Å². The highest BCUT2D eigenvalue weighted by Crippen LogP contribution is 2.46. The second-order valence-electron chi connectivity index (χ2n) is 6.43. The van der Waals surface area contributed by atoms with Gasteiger partial charge in [-0.15, -0.1) is 0 Å². The van der Waals surface area contributed by atoms with Gasteiger partial charge in [-0.1, -0.05) is 40.2 Å². The lowest BCUT2D eigenvalue weighted by atomic mass is 9.80. The highest BCUT2D eigenvalue weighted by molar-refractivity contribution is 9.10. The third-order valence-corrected chi connectivity index (χ3v) is 5.24. The Morgan fingerprint density at radius 1 is 1.18 bits per heavy atom. The molecular formula is C22H17BrFNO3. The quantitative estimate of drug-likeness (QED) is 0.580. The molecule has 4 rings (SSSR count). The Balaban J connectivity index is 2.01. The van der Waals surface area contributed by atoms with Gasteiger partial charge in [0.25, 0.3) is 0 Å². The van der Waals surface area contributed by atoms with Gasteiger partial charge in [0.05, 0.1) is 12.5 Å². The molecule has 28 heavy (non-hydrogen) atoms. The number of benzene rings is 3. The Kier molecular flexibility index (Phi) is 4.81. The van der Waals surface area contributed by atoms with Gasteiger partial charge in [-0.05, 0) is 53.6 Å². The number of nitrogens with two attached hydrogens (primary N) is 1. The molecule has 142 valence electrons. The molecule has 1 aliphatic rings. The molecule has 1 atom stereocenters. The van der Waals surface area contributed by atoms with Gasteiger partial charge < -0.3 is 15.2 Å². The van der Waals surface area contributed by atoms with E-state index in [0.717, 1.165) is 26.4 Å². The summed E-state index contributed by atoms with van der Waals surface area (Å²) in [6, 6.07) is 15.7. The molecule has 0 saturated heterocycles. The van der Waals surface area contributed by atoms with Crippen LogP contribution in [-0.4, -0.2) is 12.6 Å². The molecule has 0 radical (unpaired) electrons. The Hall–Kier alpha value is -2.86. The maximum atomic E-state index is 13.5. The molecule has 1 unspecified atom stereocenters. The Morgan fingerprint density at radius 2 is 1.93 bits per heavy atom. The van der Waals surface area contributed by atoms with Crippen LogP contribution in [0.4, 0.5) is 4.39 Å². The highest BCUT2D eigenvalue weighted by Gasteiger charge is 2.36. The Morgan fingerprint density at radius 3 is 2.64 bits per heavy atom. The van der Waals surface area contributed by atoms with Gasteiger partial charge in [-0.25, -0.2) is 9.18 Å². The number of carbonyl (C=O) groups excluding carboxylic acids is 1. The first-order chi connectivity index (χ1) is 13.5. The largest absolute Gasteiger partial charge is 0.462 e. The van der Waals surface area contributed by atoms with E-state index in [1.54, 1.807) is 19.1 Å². The molecule has 0 bridgehead atoms. The van der Waals surface area contributed by atoms with Crippen molar-refractivity contribution >= 4 is 32.7 Å². The lowest BCUT2D eigenvalue weighted by molar-refractivity contribution is -0.139. The predicted octanol–water partition coefficient (Wildman–Crippen LogP) is 5.00. The molecule has 1 heterocycles. The van der Waals surface area contributed by atoms with Crippen molar-refractivity contribution < 1.29 is 18.7 Å². The molecule has 3 aromatic carbocycles. The fraction of sp³-hybridized carbons (Fsp3) is 0.136. The van der Waals surface area contributed by atoms with Gasteiger partial charge >= 0.3 is 5.97 Å². The van der Waals surface area contributed by atoms with Crippen LogP contribution >= 0.6 is 15.9 Å². The van der Waals surface area contributed by atoms with Crippen molar-refractivity contribution in [3.63, 3.8) is 0 Å². The molecule has 1 aliphatic heterocycles. The summed E-state index contributed by atoms with van der Waals surface area (Å²) in [5.74, 6) is -0.874. The van der Waals surface area contributed by atoms with Gasteiger partial charge in [-0.2, -0.15) is 0 Å². The summed E-state index contributed by atoms with van der Waals surface area (Å²) in [6.07, 6.45) is 0. The van der Waals surface area contributed by atoms with E-state index in [2.05, 4.69) is 15.9 Å². The van der Waals surface area contributed by atoms with Crippen LogP contribution in [0.1, 0.15) is 24.0 Å². The number of ether oxygens (including phenoxy) is 2. The summed E-state index contributed by atoms with van der Waals surface area (Å²) in [5, 5.41) is 1.90. The van der Waals surface area contributed by atoms with Crippen LogP contribution in [0, 0.1) is 5.82 Å². The van der Waals surface area contributed by atoms with E-state index in [-0.39, 0.29) is 23.9 Å². The predicted molar refractivity (Wildman–Crippen MR) is 108 cm³/mol. The highest BCUT2D eigenvalue weighted by atomic mass is 79.9. The Bertz CT molecular complexity index is 1110. The van der Waals surface area contributed by atoms with Gasteiger partial charge in [0.15, 0.2) is 0 Å². The maximum absolute atomic E-state index is 13.5. The zero-order chi connectivity index (χ0) is 19.8. The molecule has 0 amide bonds. The number of rotatable bonds is 3. The van der Waals surface area contributed by atoms with Gasteiger partial charge in [0.1, 0.15) is 17.1 Å². The number of esters is 1. The van der Waals surface area contributed by atoms with Gasteiger partial charge in [0.2, 0.25) is 5.88 Å². The lowest BCUT2D eigenvalue weighted by Gasteiger charge is -2.29. The summed E-state index contributed by atoms with van der Waals surface area (Å²) in [6.45, 7) is 1.94. The van der Waals surface area contributed by atoms with Crippen molar-refractivity contribution in [3.05, 3.63) is 87.5 Å². The van der Waals surface area contributed by atoms with Crippen LogP contribution in [0.15, 0.2) is 70.5 Å². The maximum Gasteiger partial charge on any atom is 0.340 e. The van der Waals surface area contributed by atoms with Crippen LogP contribution in [0.3, 0.4) is 0 Å². The zero-order valence-corrected chi connectivity index (χ0v) is 16.6. The molecule has 2 N–H and O–H groups in total. The second kappa shape index (κ2) is 7.28. The molecule has 4 nitrogen and oxygen atoms in total. The molecule has 0 aliphatic carbocycles. The van der Waals surface area contributed by atoms with E-state index in [1.165, 1.54) is 12.1 Å². The fourth-order valence-electron chi connectivity index (χ4n) is 3.57. The van der Waals surface area contributed by atoms with Gasteiger partial charge in [0, 0.05) is 10.0 Å². The third-order valence-electron chi connectivity index (χ3n) is 4.74. The smallest absolute Gasteiger partial charge is 0.340 e. The van der Waals surface area contributed by atoms with E-state index in [4.69, 9.17) is 15.2 Å². The van der Waals surface area contributed by atoms with Crippen molar-refractivity contribution in [3.8, 4) is 5.75 Å². The SMILES string of the molecule is CCOC(=O)C1=C(N)Oc2ccc3cc(Br)ccc3c2C1c1ccc(F)cc1. The monoisotopic (exact) mass is 441 g/mol. The summed E-state index contributed by atoms with van der Waals surface area (Å²) >= 11 is 3.49. The van der Waals surface area contributed by atoms with Crippen molar-refractivity contribution in [2.45, 2.75) is 12.8 Å². The second-order valence-corrected chi connectivity index (χ2v) is 7.34. The fourth-order valence-corrected chi connectivity index (χ4v) is 3.95. The number of carbonyl (C=O) groups is 1. The zero-order valence-electron chi connectivity index (χ0n) is 15.0. The Labute approximate surface area is 169 Å². The van der Waals surface area contributed by atoms with Crippen molar-refractivity contribution in [2.75, 3.05) is 6.61 Å². The third kappa shape index (κ3) is 3.14. The molecule has 3 aromatic rings. The number of halogens is 2. The first-order valence-corrected chi connectivity index (χ1v) is 9.61. The van der Waals surface area contributed by atoms with Gasteiger partial charge in [-0.3, -0.25) is 0 Å². The summed E-state index contributed by atoms with van der Waals surface area (Å²) in [5.41, 5.74) is 7.87. The lowest BCUT2D eigenvalue weighted by Crippen LogP contribution is -2.27. The normalized spacial score (nSPS) is 15.9. The van der Waals surface area contributed by atoms with E-state index >= 15 is 0 Å². The van der Waals surface area contributed by atoms with Crippen LogP contribution in [0.25, 0.3) is 10.8 Å². The minimum Gasteiger partial charge on any atom is -0.462 e. The minimum atomic E-state index is -0.547. The average molecular weight is 442 g/mol. The molecule has 6 heteroatoms. The topological polar surface area (TPSA) is 61.5 Å². The number of hydrogen-bond donors (Lipinski definition) is 1. The summed E-state index contributed by atoms with van der Waals surface area (Å²) in [7, 11) is 0. The van der Waals surface area contributed by atoms with Crippen molar-refractivity contribution in [2.24, 2.45) is 5.73 Å². The average Bonchev–Trinajstić information content (AvgIpc) is 2.67. The van der Waals surface area contributed by atoms with Crippen LogP contribution < -0.4 is 10.5 Å².